The number of hydrogen-bond acceptors (Lipinski definition) is 6. The van der Waals surface area contributed by atoms with Gasteiger partial charge in [0.25, 0.3) is 0 Å². The van der Waals surface area contributed by atoms with E-state index in [4.69, 9.17) is 0 Å². The molecule has 0 heterocycles. The van der Waals surface area contributed by atoms with Gasteiger partial charge in [0.2, 0.25) is 32.5 Å². The third kappa shape index (κ3) is 7.74. The van der Waals surface area contributed by atoms with Crippen LogP contribution in [0, 0.1) is 6.92 Å². The maximum Gasteiger partial charge on any atom is 0.239 e. The highest BCUT2D eigenvalue weighted by atomic mass is 80.0. The zero-order valence-corrected chi connectivity index (χ0v) is 29.9. The fourth-order valence-electron chi connectivity index (χ4n) is 2.52. The molecule has 0 radical (unpaired) electrons. The van der Waals surface area contributed by atoms with Crippen LogP contribution >= 0.6 is 95.6 Å². The molecule has 0 saturated heterocycles. The summed E-state index contributed by atoms with van der Waals surface area (Å²) in [6.07, 6.45) is 0. The predicted octanol–water partition coefficient (Wildman–Crippen LogP) is 7.65. The van der Waals surface area contributed by atoms with Crippen LogP contribution in [0.25, 0.3) is 0 Å². The largest absolute Gasteiger partial charge is 0.239 e. The SMILES string of the molecule is Cc1ccc(S(=O)(=O)C(Br)(Br)Br)cc1.O=S(=O)(c1ccccc1)c1ccc(S(=O)(=O)C(Br)(Br)Br)cc1. The zero-order valence-electron chi connectivity index (χ0n) is 17.9. The highest BCUT2D eigenvalue weighted by molar-refractivity contribution is 9.42. The first kappa shape index (κ1) is 32.6. The lowest BCUT2D eigenvalue weighted by Gasteiger charge is -2.14. The highest BCUT2D eigenvalue weighted by Crippen LogP contribution is 2.44. The number of benzene rings is 3. The molecule has 0 saturated carbocycles. The summed E-state index contributed by atoms with van der Waals surface area (Å²) in [4.78, 5) is 0.419. The summed E-state index contributed by atoms with van der Waals surface area (Å²) < 4.78 is 70.1. The lowest BCUT2D eigenvalue weighted by atomic mass is 10.2. The first-order valence-electron chi connectivity index (χ1n) is 9.41. The van der Waals surface area contributed by atoms with Gasteiger partial charge in [-0.2, -0.15) is 0 Å². The lowest BCUT2D eigenvalue weighted by Crippen LogP contribution is -2.17. The molecule has 3 aromatic rings. The van der Waals surface area contributed by atoms with Crippen molar-refractivity contribution in [1.29, 1.82) is 0 Å². The second kappa shape index (κ2) is 12.3. The predicted molar refractivity (Wildman–Crippen MR) is 163 cm³/mol. The van der Waals surface area contributed by atoms with Gasteiger partial charge in [-0.25, -0.2) is 25.3 Å². The molecule has 0 fully saturated rings. The minimum Gasteiger partial charge on any atom is -0.220 e. The van der Waals surface area contributed by atoms with E-state index in [0.29, 0.717) is 0 Å². The smallest absolute Gasteiger partial charge is 0.220 e. The average Bonchev–Trinajstić information content (AvgIpc) is 2.79. The van der Waals surface area contributed by atoms with Gasteiger partial charge in [-0.15, -0.1) is 0 Å². The second-order valence-corrected chi connectivity index (χ2v) is 29.8. The van der Waals surface area contributed by atoms with E-state index in [1.807, 2.05) is 6.92 Å². The third-order valence-corrected chi connectivity index (χ3v) is 16.9. The summed E-state index contributed by atoms with van der Waals surface area (Å²) >= 11 is 17.9. The van der Waals surface area contributed by atoms with Gasteiger partial charge in [0.1, 0.15) is 0 Å². The standard InChI is InChI=1S/C13H9Br3O4S2.C8H7Br3O2S/c14-13(15,16)22(19,20)12-8-6-11(7-9-12)21(17,18)10-4-2-1-3-5-10;1-6-2-4-7(5-3-6)14(12,13)8(9,10)11/h1-9H;2-5H,1H3. The van der Waals surface area contributed by atoms with Crippen LogP contribution < -0.4 is 0 Å². The first-order chi connectivity index (χ1) is 16.3. The molecule has 196 valence electrons. The molecule has 0 unspecified atom stereocenters. The fraction of sp³-hybridized carbons (Fsp3) is 0.143. The minimum absolute atomic E-state index is 0.0230. The summed E-state index contributed by atoms with van der Waals surface area (Å²) in [5.41, 5.74) is 1.02. The highest BCUT2D eigenvalue weighted by Gasteiger charge is 2.38. The van der Waals surface area contributed by atoms with Crippen LogP contribution in [0.3, 0.4) is 0 Å². The van der Waals surface area contributed by atoms with Gasteiger partial charge in [-0.05, 0) is 151 Å². The Balaban J connectivity index is 0.000000281. The van der Waals surface area contributed by atoms with Crippen molar-refractivity contribution < 1.29 is 25.3 Å². The molecule has 0 N–H and O–H groups in total. The van der Waals surface area contributed by atoms with Crippen molar-refractivity contribution >= 4 is 125 Å². The van der Waals surface area contributed by atoms with Crippen LogP contribution in [0.2, 0.25) is 0 Å². The van der Waals surface area contributed by atoms with E-state index in [1.165, 1.54) is 36.4 Å². The molecule has 0 spiro atoms. The van der Waals surface area contributed by atoms with Crippen LogP contribution in [0.4, 0.5) is 0 Å². The second-order valence-electron chi connectivity index (χ2n) is 7.00. The van der Waals surface area contributed by atoms with Crippen LogP contribution in [0.1, 0.15) is 5.56 Å². The van der Waals surface area contributed by atoms with Gasteiger partial charge in [-0.1, -0.05) is 35.9 Å². The van der Waals surface area contributed by atoms with E-state index in [9.17, 15) is 25.3 Å². The Bertz CT molecular complexity index is 1510. The van der Waals surface area contributed by atoms with Crippen LogP contribution in [0.15, 0.2) is 98.4 Å². The summed E-state index contributed by atoms with van der Waals surface area (Å²) in [6.45, 7) is 1.90. The van der Waals surface area contributed by atoms with E-state index in [1.54, 1.807) is 42.5 Å². The quantitative estimate of drug-likeness (QED) is 0.249. The average molecular weight is 940 g/mol. The van der Waals surface area contributed by atoms with Gasteiger partial charge in [0.05, 0.1) is 19.6 Å². The molecule has 3 rings (SSSR count). The molecule has 0 atom stereocenters. The number of aryl methyl sites for hydroxylation is 1. The number of rotatable bonds is 4. The Morgan fingerprint density at radius 1 is 0.472 bits per heavy atom. The lowest BCUT2D eigenvalue weighted by molar-refractivity contribution is 0.593. The van der Waals surface area contributed by atoms with E-state index < -0.39 is 32.5 Å². The number of sulfone groups is 3. The Labute approximate surface area is 261 Å². The molecule has 0 aromatic heterocycles. The van der Waals surface area contributed by atoms with Crippen LogP contribution in [0.5, 0.6) is 0 Å². The van der Waals surface area contributed by atoms with E-state index in [-0.39, 0.29) is 19.6 Å². The molecule has 3 aromatic carbocycles. The van der Waals surface area contributed by atoms with Crippen LogP contribution in [-0.4, -0.2) is 28.2 Å². The van der Waals surface area contributed by atoms with E-state index >= 15 is 0 Å². The molecular weight excluding hydrogens is 924 g/mol. The number of hydrogen-bond donors (Lipinski definition) is 0. The third-order valence-electron chi connectivity index (χ3n) is 4.44. The van der Waals surface area contributed by atoms with Gasteiger partial charge >= 0.3 is 0 Å². The Morgan fingerprint density at radius 2 is 0.778 bits per heavy atom. The van der Waals surface area contributed by atoms with Crippen molar-refractivity contribution in [2.75, 3.05) is 0 Å². The topological polar surface area (TPSA) is 102 Å². The Hall–Kier alpha value is 0.390. The molecule has 6 nitrogen and oxygen atoms in total. The van der Waals surface area contributed by atoms with Crippen molar-refractivity contribution in [2.24, 2.45) is 0 Å². The van der Waals surface area contributed by atoms with E-state index in [2.05, 4.69) is 95.6 Å². The van der Waals surface area contributed by atoms with Crippen LogP contribution in [-0.2, 0) is 29.5 Å². The molecular formula is C21H16Br6O6S3. The maximum absolute atomic E-state index is 12.4. The minimum atomic E-state index is -3.75. The van der Waals surface area contributed by atoms with Crippen molar-refractivity contribution in [3.63, 3.8) is 0 Å². The maximum atomic E-state index is 12.4. The normalized spacial score (nSPS) is 13.0. The van der Waals surface area contributed by atoms with Gasteiger partial charge in [0.15, 0.2) is 0 Å². The monoisotopic (exact) mass is 934 g/mol. The van der Waals surface area contributed by atoms with Crippen molar-refractivity contribution in [1.82, 2.24) is 0 Å². The summed E-state index contributed by atoms with van der Waals surface area (Å²) in [5.74, 6) is 0. The molecule has 15 heteroatoms. The van der Waals surface area contributed by atoms with Crippen molar-refractivity contribution in [3.8, 4) is 0 Å². The first-order valence-corrected chi connectivity index (χ1v) is 18.6. The zero-order chi connectivity index (χ0) is 27.6. The van der Waals surface area contributed by atoms with E-state index in [0.717, 1.165) is 5.56 Å². The summed E-state index contributed by atoms with van der Waals surface area (Å²) in [5, 5.41) is 0. The Morgan fingerprint density at radius 3 is 1.14 bits per heavy atom. The summed E-state index contributed by atoms with van der Waals surface area (Å²) in [6, 6.07) is 19.7. The molecule has 0 amide bonds. The number of alkyl halides is 6. The molecule has 0 aliphatic heterocycles. The fourth-order valence-corrected chi connectivity index (χ4v) is 8.69. The molecule has 0 aliphatic rings. The van der Waals surface area contributed by atoms with Gasteiger partial charge < -0.3 is 0 Å². The van der Waals surface area contributed by atoms with Gasteiger partial charge in [-0.3, -0.25) is 0 Å². The Kier molecular flexibility index (Phi) is 11.1. The van der Waals surface area contributed by atoms with Crippen molar-refractivity contribution in [3.05, 3.63) is 84.4 Å². The molecule has 0 bridgehead atoms. The molecule has 36 heavy (non-hydrogen) atoms. The summed E-state index contributed by atoms with van der Waals surface area (Å²) in [7, 11) is -10.9. The number of halogens is 6. The van der Waals surface area contributed by atoms with Crippen molar-refractivity contribution in [2.45, 2.75) is 29.5 Å². The van der Waals surface area contributed by atoms with Gasteiger partial charge in [0, 0.05) is 0 Å². The molecule has 0 aliphatic carbocycles.